The predicted octanol–water partition coefficient (Wildman–Crippen LogP) is 1.78. The maximum atomic E-state index is 12.4. The van der Waals surface area contributed by atoms with Crippen LogP contribution in [0.2, 0.25) is 0 Å². The van der Waals surface area contributed by atoms with Crippen molar-refractivity contribution in [1.29, 1.82) is 0 Å². The van der Waals surface area contributed by atoms with E-state index in [0.717, 1.165) is 22.2 Å². The summed E-state index contributed by atoms with van der Waals surface area (Å²) in [6.45, 7) is 4.39. The minimum absolute atomic E-state index is 0.00752. The lowest BCUT2D eigenvalue weighted by Gasteiger charge is -2.23. The van der Waals surface area contributed by atoms with Crippen LogP contribution in [0.1, 0.15) is 19.4 Å². The smallest absolute Gasteiger partial charge is 0.254 e. The molecule has 0 spiro atoms. The Kier molecular flexibility index (Phi) is 3.37. The molecule has 0 bridgehead atoms. The van der Waals surface area contributed by atoms with Gasteiger partial charge in [-0.15, -0.1) is 0 Å². The molecule has 1 aromatic heterocycles. The predicted molar refractivity (Wildman–Crippen MR) is 77.8 cm³/mol. The van der Waals surface area contributed by atoms with Crippen LogP contribution >= 0.6 is 0 Å². The largest absolute Gasteiger partial charge is 0.497 e. The monoisotopic (exact) mass is 260 g/mol. The van der Waals surface area contributed by atoms with E-state index in [-0.39, 0.29) is 11.0 Å². The molecule has 0 amide bonds. The van der Waals surface area contributed by atoms with Crippen molar-refractivity contribution in [2.75, 3.05) is 13.7 Å². The van der Waals surface area contributed by atoms with Gasteiger partial charge in [-0.1, -0.05) is 13.8 Å². The van der Waals surface area contributed by atoms with Crippen LogP contribution in [0.25, 0.3) is 10.9 Å². The summed E-state index contributed by atoms with van der Waals surface area (Å²) >= 11 is 0. The lowest BCUT2D eigenvalue weighted by Crippen LogP contribution is -2.36. The Bertz CT molecular complexity index is 672. The minimum atomic E-state index is -0.341. The van der Waals surface area contributed by atoms with Crippen molar-refractivity contribution < 1.29 is 4.74 Å². The molecule has 0 atom stereocenters. The van der Waals surface area contributed by atoms with Crippen LogP contribution in [0.15, 0.2) is 29.1 Å². The van der Waals surface area contributed by atoms with E-state index in [1.807, 2.05) is 38.1 Å². The first-order chi connectivity index (χ1) is 8.90. The van der Waals surface area contributed by atoms with E-state index in [2.05, 4.69) is 0 Å². The molecular formula is C15H20N2O2. The van der Waals surface area contributed by atoms with Gasteiger partial charge in [0, 0.05) is 30.0 Å². The van der Waals surface area contributed by atoms with Crippen molar-refractivity contribution in [3.05, 3.63) is 40.2 Å². The van der Waals surface area contributed by atoms with Gasteiger partial charge in [0.05, 0.1) is 12.6 Å². The second-order valence-corrected chi connectivity index (χ2v) is 5.43. The average molecular weight is 260 g/mol. The zero-order chi connectivity index (χ0) is 14.2. The maximum absolute atomic E-state index is 12.4. The first kappa shape index (κ1) is 13.6. The topological polar surface area (TPSA) is 57.2 Å². The maximum Gasteiger partial charge on any atom is 0.254 e. The van der Waals surface area contributed by atoms with Crippen molar-refractivity contribution in [2.24, 2.45) is 12.8 Å². The lowest BCUT2D eigenvalue weighted by molar-refractivity contribution is 0.415. The van der Waals surface area contributed by atoms with E-state index in [1.54, 1.807) is 18.7 Å². The first-order valence-electron chi connectivity index (χ1n) is 6.29. The molecule has 19 heavy (non-hydrogen) atoms. The van der Waals surface area contributed by atoms with Crippen LogP contribution in [0, 0.1) is 0 Å². The Morgan fingerprint density at radius 2 is 2.00 bits per heavy atom. The number of aromatic nitrogens is 1. The number of nitrogens with two attached hydrogens (primary N) is 1. The highest BCUT2D eigenvalue weighted by molar-refractivity contribution is 5.81. The van der Waals surface area contributed by atoms with Crippen molar-refractivity contribution in [1.82, 2.24) is 4.57 Å². The van der Waals surface area contributed by atoms with E-state index in [0.29, 0.717) is 6.54 Å². The number of methoxy groups -OCH3 is 1. The summed E-state index contributed by atoms with van der Waals surface area (Å²) < 4.78 is 6.90. The van der Waals surface area contributed by atoms with Gasteiger partial charge in [-0.2, -0.15) is 0 Å². The van der Waals surface area contributed by atoms with Crippen LogP contribution in [0.3, 0.4) is 0 Å². The number of ether oxygens (including phenoxy) is 1. The second kappa shape index (κ2) is 4.70. The molecular weight excluding hydrogens is 240 g/mol. The number of pyridine rings is 1. The summed E-state index contributed by atoms with van der Waals surface area (Å²) in [6.07, 6.45) is 0. The van der Waals surface area contributed by atoms with E-state index in [9.17, 15) is 4.79 Å². The van der Waals surface area contributed by atoms with E-state index < -0.39 is 0 Å². The summed E-state index contributed by atoms with van der Waals surface area (Å²) in [5.41, 5.74) is 7.08. The van der Waals surface area contributed by atoms with Crippen LogP contribution in [-0.4, -0.2) is 18.2 Å². The number of rotatable bonds is 3. The van der Waals surface area contributed by atoms with Gasteiger partial charge < -0.3 is 15.0 Å². The molecule has 0 aliphatic heterocycles. The highest BCUT2D eigenvalue weighted by Crippen LogP contribution is 2.25. The first-order valence-corrected chi connectivity index (χ1v) is 6.29. The molecule has 0 fully saturated rings. The Morgan fingerprint density at radius 1 is 1.32 bits per heavy atom. The van der Waals surface area contributed by atoms with Gasteiger partial charge in [0.15, 0.2) is 0 Å². The second-order valence-electron chi connectivity index (χ2n) is 5.43. The fraction of sp³-hybridized carbons (Fsp3) is 0.400. The SMILES string of the molecule is COc1ccc2c(c1)cc(C(C)(C)CN)c(=O)n2C. The molecule has 4 heteroatoms. The molecule has 2 aromatic rings. The zero-order valence-corrected chi connectivity index (χ0v) is 11.9. The standard InChI is InChI=1S/C15H20N2O2/c1-15(2,9-16)12-8-10-7-11(19-4)5-6-13(10)17(3)14(12)18/h5-8H,9,16H2,1-4H3. The molecule has 2 N–H and O–H groups in total. The molecule has 0 saturated heterocycles. The fourth-order valence-electron chi connectivity index (χ4n) is 2.18. The number of fused-ring (bicyclic) bond motifs is 1. The van der Waals surface area contributed by atoms with E-state index >= 15 is 0 Å². The summed E-state index contributed by atoms with van der Waals surface area (Å²) in [5, 5.41) is 0.984. The third kappa shape index (κ3) is 2.24. The molecule has 1 aromatic carbocycles. The van der Waals surface area contributed by atoms with Crippen LogP contribution in [0.5, 0.6) is 5.75 Å². The highest BCUT2D eigenvalue weighted by Gasteiger charge is 2.23. The number of hydrogen-bond donors (Lipinski definition) is 1. The Morgan fingerprint density at radius 3 is 2.58 bits per heavy atom. The Balaban J connectivity index is 2.81. The van der Waals surface area contributed by atoms with Gasteiger partial charge in [0.2, 0.25) is 0 Å². The molecule has 0 unspecified atom stereocenters. The van der Waals surface area contributed by atoms with Gasteiger partial charge in [-0.05, 0) is 24.3 Å². The minimum Gasteiger partial charge on any atom is -0.497 e. The molecule has 0 saturated carbocycles. The average Bonchev–Trinajstić information content (AvgIpc) is 2.42. The van der Waals surface area contributed by atoms with Gasteiger partial charge in [-0.3, -0.25) is 4.79 Å². The van der Waals surface area contributed by atoms with Crippen LogP contribution < -0.4 is 16.0 Å². The quantitative estimate of drug-likeness (QED) is 0.915. The normalized spacial score (nSPS) is 11.8. The van der Waals surface area contributed by atoms with Crippen molar-refractivity contribution in [3.63, 3.8) is 0 Å². The van der Waals surface area contributed by atoms with Crippen LogP contribution in [0.4, 0.5) is 0 Å². The highest BCUT2D eigenvalue weighted by atomic mass is 16.5. The molecule has 102 valence electrons. The number of benzene rings is 1. The molecule has 0 aliphatic rings. The molecule has 1 heterocycles. The van der Waals surface area contributed by atoms with Gasteiger partial charge in [-0.25, -0.2) is 0 Å². The zero-order valence-electron chi connectivity index (χ0n) is 11.9. The summed E-state index contributed by atoms with van der Waals surface area (Å²) in [6, 6.07) is 7.61. The molecule has 2 rings (SSSR count). The number of nitrogens with zero attached hydrogens (tertiary/aromatic N) is 1. The summed E-state index contributed by atoms with van der Waals surface area (Å²) in [5.74, 6) is 0.780. The molecule has 4 nitrogen and oxygen atoms in total. The van der Waals surface area contributed by atoms with Crippen molar-refractivity contribution in [3.8, 4) is 5.75 Å². The third-order valence-electron chi connectivity index (χ3n) is 3.67. The Hall–Kier alpha value is -1.81. The van der Waals surface area contributed by atoms with Crippen molar-refractivity contribution >= 4 is 10.9 Å². The lowest BCUT2D eigenvalue weighted by atomic mass is 9.85. The van der Waals surface area contributed by atoms with Crippen molar-refractivity contribution in [2.45, 2.75) is 19.3 Å². The number of aryl methyl sites for hydroxylation is 1. The van der Waals surface area contributed by atoms with Gasteiger partial charge in [0.25, 0.3) is 5.56 Å². The Labute approximate surface area is 112 Å². The van der Waals surface area contributed by atoms with Crippen LogP contribution in [-0.2, 0) is 12.5 Å². The number of hydrogen-bond acceptors (Lipinski definition) is 3. The van der Waals surface area contributed by atoms with Gasteiger partial charge >= 0.3 is 0 Å². The molecule has 0 aliphatic carbocycles. The summed E-state index contributed by atoms with van der Waals surface area (Å²) in [7, 11) is 3.42. The van der Waals surface area contributed by atoms with E-state index in [1.165, 1.54) is 0 Å². The summed E-state index contributed by atoms with van der Waals surface area (Å²) in [4.78, 5) is 12.4. The van der Waals surface area contributed by atoms with E-state index in [4.69, 9.17) is 10.5 Å². The fourth-order valence-corrected chi connectivity index (χ4v) is 2.18. The third-order valence-corrected chi connectivity index (χ3v) is 3.67. The molecule has 0 radical (unpaired) electrons. The van der Waals surface area contributed by atoms with Gasteiger partial charge in [0.1, 0.15) is 5.75 Å².